The van der Waals surface area contributed by atoms with Gasteiger partial charge in [0.1, 0.15) is 6.04 Å². The Hall–Kier alpha value is -1.36. The lowest BCUT2D eigenvalue weighted by Gasteiger charge is -2.23. The van der Waals surface area contributed by atoms with Crippen LogP contribution in [0.15, 0.2) is 17.5 Å². The molecule has 1 saturated heterocycles. The van der Waals surface area contributed by atoms with Gasteiger partial charge in [0.05, 0.1) is 11.5 Å². The highest BCUT2D eigenvalue weighted by atomic mass is 32.1. The minimum Gasteiger partial charge on any atom is -0.464 e. The van der Waals surface area contributed by atoms with E-state index < -0.39 is 6.04 Å². The van der Waals surface area contributed by atoms with Gasteiger partial charge in [-0.15, -0.1) is 11.3 Å². The maximum Gasteiger partial charge on any atom is 0.328 e. The van der Waals surface area contributed by atoms with E-state index >= 15 is 0 Å². The fourth-order valence-electron chi connectivity index (χ4n) is 2.14. The number of ether oxygens (including phenoxy) is 1. The maximum atomic E-state index is 12.3. The molecule has 5 heteroatoms. The average molecular weight is 281 g/mol. The molecule has 2 heterocycles. The quantitative estimate of drug-likeness (QED) is 0.797. The van der Waals surface area contributed by atoms with Gasteiger partial charge in [-0.1, -0.05) is 19.9 Å². The van der Waals surface area contributed by atoms with Crippen molar-refractivity contribution in [3.8, 4) is 0 Å². The molecule has 0 bridgehead atoms. The Morgan fingerprint density at radius 1 is 1.53 bits per heavy atom. The zero-order chi connectivity index (χ0) is 13.8. The highest BCUT2D eigenvalue weighted by Gasteiger charge is 2.35. The number of carbonyl (C=O) groups excluding carboxylic acids is 2. The molecule has 0 spiro atoms. The predicted molar refractivity (Wildman–Crippen MR) is 74.2 cm³/mol. The van der Waals surface area contributed by atoms with Gasteiger partial charge < -0.3 is 9.64 Å². The molecule has 1 aliphatic heterocycles. The van der Waals surface area contributed by atoms with Crippen molar-refractivity contribution in [2.24, 2.45) is 5.92 Å². The SMILES string of the molecule is CC(C)COC(=O)C1CCCN1C(=O)c1cccs1. The van der Waals surface area contributed by atoms with Gasteiger partial charge in [0.25, 0.3) is 5.91 Å². The van der Waals surface area contributed by atoms with Crippen LogP contribution in [0.1, 0.15) is 36.4 Å². The van der Waals surface area contributed by atoms with Crippen LogP contribution in [0.5, 0.6) is 0 Å². The summed E-state index contributed by atoms with van der Waals surface area (Å²) in [6.45, 7) is 5.04. The van der Waals surface area contributed by atoms with Crippen LogP contribution in [0, 0.1) is 5.92 Å². The molecule has 1 amide bonds. The highest BCUT2D eigenvalue weighted by Crippen LogP contribution is 2.23. The molecule has 19 heavy (non-hydrogen) atoms. The molecule has 4 nitrogen and oxygen atoms in total. The first kappa shape index (κ1) is 14.1. The number of esters is 1. The fraction of sp³-hybridized carbons (Fsp3) is 0.571. The molecule has 0 saturated carbocycles. The van der Waals surface area contributed by atoms with Crippen LogP contribution in [-0.2, 0) is 9.53 Å². The largest absolute Gasteiger partial charge is 0.464 e. The number of hydrogen-bond donors (Lipinski definition) is 0. The second-order valence-electron chi connectivity index (χ2n) is 5.16. The summed E-state index contributed by atoms with van der Waals surface area (Å²) in [5, 5.41) is 1.87. The number of rotatable bonds is 4. The lowest BCUT2D eigenvalue weighted by molar-refractivity contribution is -0.149. The number of likely N-dealkylation sites (tertiary alicyclic amines) is 1. The molecule has 2 rings (SSSR count). The highest BCUT2D eigenvalue weighted by molar-refractivity contribution is 7.12. The molecular weight excluding hydrogens is 262 g/mol. The second kappa shape index (κ2) is 6.19. The van der Waals surface area contributed by atoms with E-state index in [9.17, 15) is 9.59 Å². The summed E-state index contributed by atoms with van der Waals surface area (Å²) in [7, 11) is 0. The smallest absolute Gasteiger partial charge is 0.328 e. The van der Waals surface area contributed by atoms with Crippen LogP contribution in [0.2, 0.25) is 0 Å². The van der Waals surface area contributed by atoms with Crippen LogP contribution in [0.3, 0.4) is 0 Å². The van der Waals surface area contributed by atoms with Crippen molar-refractivity contribution < 1.29 is 14.3 Å². The lowest BCUT2D eigenvalue weighted by atomic mass is 10.2. The summed E-state index contributed by atoms with van der Waals surface area (Å²) >= 11 is 1.41. The van der Waals surface area contributed by atoms with Crippen LogP contribution in [0.25, 0.3) is 0 Å². The topological polar surface area (TPSA) is 46.6 Å². The molecule has 1 atom stereocenters. The van der Waals surface area contributed by atoms with E-state index in [1.165, 1.54) is 11.3 Å². The summed E-state index contributed by atoms with van der Waals surface area (Å²) in [4.78, 5) is 26.6. The van der Waals surface area contributed by atoms with E-state index in [2.05, 4.69) is 0 Å². The molecule has 1 aromatic rings. The van der Waals surface area contributed by atoms with Crippen molar-refractivity contribution in [3.05, 3.63) is 22.4 Å². The fourth-order valence-corrected chi connectivity index (χ4v) is 2.82. The molecule has 1 aromatic heterocycles. The zero-order valence-corrected chi connectivity index (χ0v) is 12.1. The molecule has 0 aliphatic carbocycles. The van der Waals surface area contributed by atoms with Gasteiger partial charge in [-0.25, -0.2) is 4.79 Å². The van der Waals surface area contributed by atoms with Crippen molar-refractivity contribution in [2.45, 2.75) is 32.7 Å². The molecule has 104 valence electrons. The van der Waals surface area contributed by atoms with Crippen molar-refractivity contribution in [2.75, 3.05) is 13.2 Å². The van der Waals surface area contributed by atoms with Crippen molar-refractivity contribution in [3.63, 3.8) is 0 Å². The Labute approximate surface area is 117 Å². The van der Waals surface area contributed by atoms with Gasteiger partial charge in [-0.2, -0.15) is 0 Å². The number of nitrogens with zero attached hydrogens (tertiary/aromatic N) is 1. The number of thiophene rings is 1. The van der Waals surface area contributed by atoms with E-state index in [1.807, 2.05) is 25.3 Å². The van der Waals surface area contributed by atoms with Gasteiger partial charge in [0.2, 0.25) is 0 Å². The summed E-state index contributed by atoms with van der Waals surface area (Å²) in [5.74, 6) is -0.0121. The first-order chi connectivity index (χ1) is 9.09. The summed E-state index contributed by atoms with van der Waals surface area (Å²) in [6, 6.07) is 3.23. The third-order valence-corrected chi connectivity index (χ3v) is 3.93. The second-order valence-corrected chi connectivity index (χ2v) is 6.11. The predicted octanol–water partition coefficient (Wildman–Crippen LogP) is 2.55. The first-order valence-corrected chi connectivity index (χ1v) is 7.48. The summed E-state index contributed by atoms with van der Waals surface area (Å²) in [6.07, 6.45) is 1.56. The Morgan fingerprint density at radius 3 is 2.95 bits per heavy atom. The summed E-state index contributed by atoms with van der Waals surface area (Å²) in [5.41, 5.74) is 0. The molecular formula is C14H19NO3S. The van der Waals surface area contributed by atoms with Crippen LogP contribution in [-0.4, -0.2) is 36.0 Å². The molecule has 0 aromatic carbocycles. The number of carbonyl (C=O) groups is 2. The van der Waals surface area contributed by atoms with Gasteiger partial charge in [-0.3, -0.25) is 4.79 Å². The Morgan fingerprint density at radius 2 is 2.32 bits per heavy atom. The van der Waals surface area contributed by atoms with Gasteiger partial charge in [0.15, 0.2) is 0 Å². The number of hydrogen-bond acceptors (Lipinski definition) is 4. The Kier molecular flexibility index (Phi) is 4.58. The third-order valence-electron chi connectivity index (χ3n) is 3.08. The molecule has 0 radical (unpaired) electrons. The van der Waals surface area contributed by atoms with Crippen molar-refractivity contribution >= 4 is 23.2 Å². The minimum absolute atomic E-state index is 0.0565. The van der Waals surface area contributed by atoms with Gasteiger partial charge in [-0.05, 0) is 30.2 Å². The molecule has 1 unspecified atom stereocenters. The van der Waals surface area contributed by atoms with E-state index in [4.69, 9.17) is 4.74 Å². The summed E-state index contributed by atoms with van der Waals surface area (Å²) < 4.78 is 5.26. The normalized spacial score (nSPS) is 18.9. The number of amides is 1. The average Bonchev–Trinajstić information content (AvgIpc) is 3.05. The minimum atomic E-state index is -0.409. The lowest BCUT2D eigenvalue weighted by Crippen LogP contribution is -2.41. The van der Waals surface area contributed by atoms with Gasteiger partial charge in [0, 0.05) is 6.54 Å². The van der Waals surface area contributed by atoms with E-state index in [1.54, 1.807) is 11.0 Å². The monoisotopic (exact) mass is 281 g/mol. The Balaban J connectivity index is 2.00. The Bertz CT molecular complexity index is 442. The zero-order valence-electron chi connectivity index (χ0n) is 11.3. The molecule has 0 N–H and O–H groups in total. The van der Waals surface area contributed by atoms with E-state index in [-0.39, 0.29) is 11.9 Å². The standard InChI is InChI=1S/C14H19NO3S/c1-10(2)9-18-14(17)11-5-3-7-15(11)13(16)12-6-4-8-19-12/h4,6,8,10-11H,3,5,7,9H2,1-2H3. The van der Waals surface area contributed by atoms with Crippen molar-refractivity contribution in [1.29, 1.82) is 0 Å². The maximum absolute atomic E-state index is 12.3. The van der Waals surface area contributed by atoms with Crippen molar-refractivity contribution in [1.82, 2.24) is 4.90 Å². The van der Waals surface area contributed by atoms with Crippen LogP contribution < -0.4 is 0 Å². The van der Waals surface area contributed by atoms with E-state index in [0.29, 0.717) is 30.4 Å². The van der Waals surface area contributed by atoms with Crippen LogP contribution >= 0.6 is 11.3 Å². The van der Waals surface area contributed by atoms with E-state index in [0.717, 1.165) is 6.42 Å². The molecule has 1 aliphatic rings. The van der Waals surface area contributed by atoms with Gasteiger partial charge >= 0.3 is 5.97 Å². The molecule has 1 fully saturated rings. The van der Waals surface area contributed by atoms with Crippen LogP contribution in [0.4, 0.5) is 0 Å². The first-order valence-electron chi connectivity index (χ1n) is 6.60. The third kappa shape index (κ3) is 3.35.